The highest BCUT2D eigenvalue weighted by atomic mass is 19.1. The van der Waals surface area contributed by atoms with Gasteiger partial charge in [-0.2, -0.15) is 15.1 Å². The number of aliphatic hydroxyl groups is 1. The Balaban J connectivity index is 1.41. The molecule has 7 rings (SSSR count). The van der Waals surface area contributed by atoms with E-state index in [-0.39, 0.29) is 62.7 Å². The molecule has 0 radical (unpaired) electrons. The molecular weight excluding hydrogens is 589 g/mol. The first-order valence-electron chi connectivity index (χ1n) is 14.2. The highest BCUT2D eigenvalue weighted by Gasteiger charge is 2.49. The Morgan fingerprint density at radius 1 is 1.20 bits per heavy atom. The highest BCUT2D eigenvalue weighted by molar-refractivity contribution is 6.03. The molecule has 0 aliphatic carbocycles. The van der Waals surface area contributed by atoms with Crippen LogP contribution in [0.15, 0.2) is 42.9 Å². The average Bonchev–Trinajstić information content (AvgIpc) is 3.74. The lowest BCUT2D eigenvalue weighted by Gasteiger charge is -2.30. The number of rotatable bonds is 6. The number of nitrogens with zero attached hydrogens (tertiary/aromatic N) is 6. The minimum Gasteiger partial charge on any atom is -0.508 e. The van der Waals surface area contributed by atoms with Crippen LogP contribution in [0.25, 0.3) is 44.2 Å². The molecule has 0 spiro atoms. The topological polar surface area (TPSA) is 126 Å². The van der Waals surface area contributed by atoms with Gasteiger partial charge in [0.1, 0.15) is 42.2 Å². The van der Waals surface area contributed by atoms with E-state index < -0.39 is 35.9 Å². The number of carbonyl (C=O) groups is 1. The van der Waals surface area contributed by atoms with Crippen LogP contribution in [-0.4, -0.2) is 83.8 Å². The van der Waals surface area contributed by atoms with E-state index in [1.165, 1.54) is 36.8 Å². The number of carbonyl (C=O) groups excluding carboxylic acids is 1. The molecule has 2 atom stereocenters. The maximum Gasteiger partial charge on any atom is 0.317 e. The number of hydrogen-bond acceptors (Lipinski definition) is 9. The van der Waals surface area contributed by atoms with Gasteiger partial charge in [0.25, 0.3) is 5.91 Å². The van der Waals surface area contributed by atoms with Crippen molar-refractivity contribution in [3.63, 3.8) is 0 Å². The Morgan fingerprint density at radius 2 is 2.04 bits per heavy atom. The lowest BCUT2D eigenvalue weighted by atomic mass is 9.95. The van der Waals surface area contributed by atoms with Crippen LogP contribution < -0.4 is 4.74 Å². The van der Waals surface area contributed by atoms with Gasteiger partial charge in [-0.15, -0.1) is 6.42 Å². The van der Waals surface area contributed by atoms with Gasteiger partial charge < -0.3 is 14.9 Å². The third kappa shape index (κ3) is 4.73. The van der Waals surface area contributed by atoms with Gasteiger partial charge in [0, 0.05) is 47.3 Å². The summed E-state index contributed by atoms with van der Waals surface area (Å²) in [5, 5.41) is 24.4. The molecule has 0 amide bonds. The van der Waals surface area contributed by atoms with Crippen molar-refractivity contribution in [1.82, 2.24) is 29.6 Å². The van der Waals surface area contributed by atoms with Crippen LogP contribution >= 0.6 is 0 Å². The largest absolute Gasteiger partial charge is 0.508 e. The van der Waals surface area contributed by atoms with Crippen molar-refractivity contribution in [2.24, 2.45) is 0 Å². The molecule has 45 heavy (non-hydrogen) atoms. The third-order valence-corrected chi connectivity index (χ3v) is 8.59. The quantitative estimate of drug-likeness (QED) is 0.270. The van der Waals surface area contributed by atoms with Crippen molar-refractivity contribution in [1.29, 1.82) is 0 Å². The first kappa shape index (κ1) is 28.7. The molecule has 10 nitrogen and oxygen atoms in total. The minimum absolute atomic E-state index is 0.0428. The van der Waals surface area contributed by atoms with Crippen molar-refractivity contribution in [3.8, 4) is 46.6 Å². The molecule has 13 heteroatoms. The van der Waals surface area contributed by atoms with Gasteiger partial charge in [-0.3, -0.25) is 14.7 Å². The zero-order valence-corrected chi connectivity index (χ0v) is 23.7. The number of benzene rings is 2. The number of hydrogen-bond donors (Lipinski definition) is 2. The molecule has 2 aliphatic heterocycles. The molecule has 2 fully saturated rings. The molecule has 2 N–H and O–H groups in total. The normalized spacial score (nSPS) is 19.7. The smallest absolute Gasteiger partial charge is 0.317 e. The Kier molecular flexibility index (Phi) is 6.91. The Bertz CT molecular complexity index is 2060. The number of pyridine rings is 1. The summed E-state index contributed by atoms with van der Waals surface area (Å²) in [5.41, 5.74) is -0.670. The summed E-state index contributed by atoms with van der Waals surface area (Å²) in [6, 6.07) is 5.00. The second kappa shape index (κ2) is 10.8. The maximum atomic E-state index is 16.6. The Morgan fingerprint density at radius 3 is 2.84 bits per heavy atom. The average molecular weight is 615 g/mol. The monoisotopic (exact) mass is 614 g/mol. The lowest BCUT2D eigenvalue weighted by molar-refractivity contribution is 0.0802. The molecule has 5 aromatic rings. The number of alkyl halides is 1. The van der Waals surface area contributed by atoms with Gasteiger partial charge in [0.2, 0.25) is 0 Å². The van der Waals surface area contributed by atoms with Crippen LogP contribution in [0.1, 0.15) is 29.6 Å². The number of aromatic nitrogens is 5. The number of aliphatic hydroxyl groups excluding tert-OH is 1. The van der Waals surface area contributed by atoms with Crippen molar-refractivity contribution >= 4 is 27.6 Å². The highest BCUT2D eigenvalue weighted by Crippen LogP contribution is 2.41. The predicted molar refractivity (Wildman–Crippen MR) is 157 cm³/mol. The molecule has 0 saturated carbocycles. The van der Waals surface area contributed by atoms with Gasteiger partial charge in [0.15, 0.2) is 5.82 Å². The number of halogens is 3. The van der Waals surface area contributed by atoms with E-state index in [0.29, 0.717) is 18.4 Å². The van der Waals surface area contributed by atoms with E-state index in [1.54, 1.807) is 0 Å². The second-order valence-electron chi connectivity index (χ2n) is 11.3. The molecule has 0 bridgehead atoms. The van der Waals surface area contributed by atoms with E-state index in [0.717, 1.165) is 30.1 Å². The molecule has 2 aliphatic rings. The summed E-state index contributed by atoms with van der Waals surface area (Å²) in [7, 11) is 0. The van der Waals surface area contributed by atoms with E-state index in [2.05, 4.69) is 30.9 Å². The molecule has 5 heterocycles. The zero-order chi connectivity index (χ0) is 31.5. The van der Waals surface area contributed by atoms with E-state index >= 15 is 4.39 Å². The van der Waals surface area contributed by atoms with Gasteiger partial charge >= 0.3 is 6.01 Å². The van der Waals surface area contributed by atoms with E-state index in [4.69, 9.17) is 11.2 Å². The standard InChI is InChI=1S/C32H25F3N6O4/c1-2-21-24(34)5-4-17-8-20(43)9-22(26(17)21)29-27(35)30-23(12-36-29)28(18-11-37-41(13-18)25(44)15-42)38-31(39-30)45-16-32-6-3-7-40(32)14-19(33)10-32/h1,4-5,8-9,11-13,19,42-43H,3,6-7,10,14-16H2/t19-,32+/m1/s1. The molecular formula is C32H25F3N6O4. The number of terminal acetylenes is 1. The van der Waals surface area contributed by atoms with Crippen molar-refractivity contribution in [2.75, 3.05) is 26.3 Å². The lowest BCUT2D eigenvalue weighted by Crippen LogP contribution is -2.43. The van der Waals surface area contributed by atoms with Gasteiger partial charge in [-0.05, 0) is 43.0 Å². The molecule has 0 unspecified atom stereocenters. The molecule has 2 aromatic carbocycles. The fourth-order valence-corrected chi connectivity index (χ4v) is 6.56. The fraction of sp³-hybridized carbons (Fsp3) is 0.281. The number of aromatic hydroxyl groups is 1. The molecule has 3 aromatic heterocycles. The maximum absolute atomic E-state index is 16.6. The van der Waals surface area contributed by atoms with Crippen LogP contribution in [0.5, 0.6) is 11.8 Å². The summed E-state index contributed by atoms with van der Waals surface area (Å²) in [5.74, 6) is -0.233. The van der Waals surface area contributed by atoms with Crippen LogP contribution in [0.2, 0.25) is 0 Å². The fourth-order valence-electron chi connectivity index (χ4n) is 6.56. The van der Waals surface area contributed by atoms with Crippen molar-refractivity contribution in [2.45, 2.75) is 31.0 Å². The third-order valence-electron chi connectivity index (χ3n) is 8.59. The minimum atomic E-state index is -0.988. The van der Waals surface area contributed by atoms with Crippen LogP contribution in [-0.2, 0) is 0 Å². The zero-order valence-electron chi connectivity index (χ0n) is 23.7. The molecule has 228 valence electrons. The summed E-state index contributed by atoms with van der Waals surface area (Å²) in [6.07, 6.45) is 10.5. The van der Waals surface area contributed by atoms with Crippen LogP contribution in [0, 0.1) is 24.0 Å². The van der Waals surface area contributed by atoms with E-state index in [9.17, 15) is 23.8 Å². The van der Waals surface area contributed by atoms with Crippen molar-refractivity contribution < 1.29 is 32.9 Å². The van der Waals surface area contributed by atoms with E-state index in [1.807, 2.05) is 0 Å². The summed E-state index contributed by atoms with van der Waals surface area (Å²) in [6.45, 7) is 0.342. The first-order valence-corrected chi connectivity index (χ1v) is 14.2. The van der Waals surface area contributed by atoms with Gasteiger partial charge in [-0.25, -0.2) is 17.9 Å². The first-order chi connectivity index (χ1) is 21.7. The SMILES string of the molecule is C#Cc1c(F)ccc2cc(O)cc(-c3ncc4c(-c5cnn(C(=O)CO)c5)nc(OC[C@@]56CCCN5C[C@H](F)C6)nc4c3F)c12. The summed E-state index contributed by atoms with van der Waals surface area (Å²) >= 11 is 0. The summed E-state index contributed by atoms with van der Waals surface area (Å²) in [4.78, 5) is 27.3. The van der Waals surface area contributed by atoms with Crippen LogP contribution in [0.3, 0.4) is 0 Å². The van der Waals surface area contributed by atoms with Gasteiger partial charge in [0.05, 0.1) is 23.0 Å². The molecule has 2 saturated heterocycles. The second-order valence-corrected chi connectivity index (χ2v) is 11.3. The Hall–Kier alpha value is -5.06. The Labute approximate surface area is 254 Å². The number of phenolic OH excluding ortho intramolecular Hbond substituents is 1. The van der Waals surface area contributed by atoms with Crippen molar-refractivity contribution in [3.05, 3.63) is 60.1 Å². The number of phenols is 1. The summed E-state index contributed by atoms with van der Waals surface area (Å²) < 4.78 is 52.7. The van der Waals surface area contributed by atoms with Crippen LogP contribution in [0.4, 0.5) is 13.2 Å². The number of fused-ring (bicyclic) bond motifs is 3. The van der Waals surface area contributed by atoms with Gasteiger partial charge in [-0.1, -0.05) is 12.0 Å². The predicted octanol–water partition coefficient (Wildman–Crippen LogP) is 4.26. The number of ether oxygens (including phenoxy) is 1.